The van der Waals surface area contributed by atoms with Crippen molar-refractivity contribution < 1.29 is 35.1 Å². The van der Waals surface area contributed by atoms with Crippen LogP contribution >= 0.6 is 11.8 Å². The molecule has 7 heteroatoms. The van der Waals surface area contributed by atoms with Crippen molar-refractivity contribution >= 4 is 11.8 Å². The second-order valence-corrected chi connectivity index (χ2v) is 7.93. The zero-order valence-corrected chi connectivity index (χ0v) is 18.6. The lowest BCUT2D eigenvalue weighted by Gasteiger charge is -2.04. The summed E-state index contributed by atoms with van der Waals surface area (Å²) in [4.78, 5) is 0.583. The van der Waals surface area contributed by atoms with Crippen LogP contribution in [0.1, 0.15) is 25.1 Å². The number of imidazole rings is 1. The van der Waals surface area contributed by atoms with E-state index in [1.54, 1.807) is 19.2 Å². The Morgan fingerprint density at radius 2 is 1.72 bits per heavy atom. The van der Waals surface area contributed by atoms with Gasteiger partial charge in [0.25, 0.3) is 11.6 Å². The number of fused-ring (bicyclic) bond motifs is 1. The van der Waals surface area contributed by atoms with Crippen molar-refractivity contribution in [2.45, 2.75) is 42.9 Å². The number of alkyl halides is 2. The number of benzene rings is 2. The van der Waals surface area contributed by atoms with Crippen LogP contribution in [0, 0.1) is 0 Å². The van der Waals surface area contributed by atoms with E-state index in [-0.39, 0.29) is 17.0 Å². The molecule has 2 aromatic carbocycles. The van der Waals surface area contributed by atoms with E-state index in [1.807, 2.05) is 24.3 Å². The Kier molecular flexibility index (Phi) is 7.35. The summed E-state index contributed by atoms with van der Waals surface area (Å²) in [5, 5.41) is 0. The van der Waals surface area contributed by atoms with Crippen LogP contribution in [-0.4, -0.2) is 17.4 Å². The zero-order valence-electron chi connectivity index (χ0n) is 16.2. The van der Waals surface area contributed by atoms with Gasteiger partial charge in [-0.3, -0.25) is 0 Å². The number of ether oxygens (including phenoxy) is 1. The maximum Gasteiger partial charge on any atom is 0.288 e. The van der Waals surface area contributed by atoms with Gasteiger partial charge in [0.2, 0.25) is 0 Å². The summed E-state index contributed by atoms with van der Waals surface area (Å²) in [5.41, 5.74) is 3.32. The topological polar surface area (TPSA) is 18.0 Å². The molecule has 0 fully saturated rings. The molecule has 0 saturated carbocycles. The Balaban J connectivity index is 0.00000240. The van der Waals surface area contributed by atoms with Gasteiger partial charge in [-0.15, -0.1) is 0 Å². The van der Waals surface area contributed by atoms with E-state index >= 15 is 0 Å². The number of thioether (sulfide) groups is 1. The SMILES string of the molecule is COc1ccc(-c2cn(-c3ccc(SC(F)F)cc3)c3[n+]2CCCCC3)cc1.[Br-]. The van der Waals surface area contributed by atoms with Crippen molar-refractivity contribution in [3.63, 3.8) is 0 Å². The molecule has 0 N–H and O–H groups in total. The summed E-state index contributed by atoms with van der Waals surface area (Å²) in [5.74, 6) is -0.296. The smallest absolute Gasteiger partial charge is 0.288 e. The molecule has 3 aromatic rings. The molecule has 0 bridgehead atoms. The molecular formula is C22H23BrF2N2OS. The summed E-state index contributed by atoms with van der Waals surface area (Å²) < 4.78 is 35.1. The standard InChI is InChI=1S/C22H23F2N2OS.BrH/c1-27-18-10-6-16(7-11-18)20-15-26(21-5-3-2-4-14-25(20)21)17-8-12-19(13-9-17)28-22(23)24;/h6-13,15,22H,2-5,14H2,1H3;1H/q+1;/p-1. The third kappa shape index (κ3) is 4.83. The van der Waals surface area contributed by atoms with Gasteiger partial charge in [-0.05, 0) is 67.8 Å². The van der Waals surface area contributed by atoms with Gasteiger partial charge in [0, 0.05) is 16.9 Å². The number of nitrogens with zero attached hydrogens (tertiary/aromatic N) is 2. The second kappa shape index (κ2) is 9.76. The first-order chi connectivity index (χ1) is 13.7. The van der Waals surface area contributed by atoms with Gasteiger partial charge in [0.1, 0.15) is 17.6 Å². The third-order valence-electron chi connectivity index (χ3n) is 5.14. The first-order valence-electron chi connectivity index (χ1n) is 9.49. The molecule has 29 heavy (non-hydrogen) atoms. The summed E-state index contributed by atoms with van der Waals surface area (Å²) in [6, 6.07) is 15.5. The lowest BCUT2D eigenvalue weighted by atomic mass is 10.1. The largest absolute Gasteiger partial charge is 1.00 e. The quantitative estimate of drug-likeness (QED) is 0.412. The normalized spacial score (nSPS) is 13.5. The van der Waals surface area contributed by atoms with E-state index < -0.39 is 5.76 Å². The molecule has 1 aliphatic rings. The van der Waals surface area contributed by atoms with Crippen molar-refractivity contribution in [3.8, 4) is 22.7 Å². The van der Waals surface area contributed by atoms with Gasteiger partial charge in [-0.1, -0.05) is 11.8 Å². The van der Waals surface area contributed by atoms with Crippen molar-refractivity contribution in [3.05, 3.63) is 60.6 Å². The molecular weight excluding hydrogens is 458 g/mol. The predicted octanol–water partition coefficient (Wildman–Crippen LogP) is 2.49. The van der Waals surface area contributed by atoms with E-state index in [0.717, 1.165) is 42.8 Å². The molecule has 154 valence electrons. The molecule has 2 heterocycles. The van der Waals surface area contributed by atoms with E-state index in [0.29, 0.717) is 16.7 Å². The molecule has 0 spiro atoms. The van der Waals surface area contributed by atoms with Gasteiger partial charge < -0.3 is 21.7 Å². The molecule has 1 aliphatic heterocycles. The van der Waals surface area contributed by atoms with E-state index in [4.69, 9.17) is 4.74 Å². The highest BCUT2D eigenvalue weighted by molar-refractivity contribution is 7.99. The maximum absolute atomic E-state index is 12.6. The zero-order chi connectivity index (χ0) is 19.5. The summed E-state index contributed by atoms with van der Waals surface area (Å²) in [6.45, 7) is 0.989. The molecule has 1 aromatic heterocycles. The minimum Gasteiger partial charge on any atom is -1.00 e. The van der Waals surface area contributed by atoms with Crippen LogP contribution in [0.2, 0.25) is 0 Å². The Hall–Kier alpha value is -1.86. The lowest BCUT2D eigenvalue weighted by Crippen LogP contribution is -3.00. The van der Waals surface area contributed by atoms with Crippen LogP contribution < -0.4 is 26.3 Å². The Morgan fingerprint density at radius 3 is 2.38 bits per heavy atom. The second-order valence-electron chi connectivity index (χ2n) is 6.86. The van der Waals surface area contributed by atoms with Gasteiger partial charge in [-0.2, -0.15) is 13.3 Å². The van der Waals surface area contributed by atoms with Crippen LogP contribution in [0.15, 0.2) is 59.6 Å². The summed E-state index contributed by atoms with van der Waals surface area (Å²) in [7, 11) is 1.67. The first-order valence-corrected chi connectivity index (χ1v) is 10.4. The molecule has 4 rings (SSSR count). The number of halogens is 3. The minimum atomic E-state index is -2.40. The van der Waals surface area contributed by atoms with Crippen LogP contribution in [-0.2, 0) is 13.0 Å². The van der Waals surface area contributed by atoms with Crippen LogP contribution in [0.4, 0.5) is 8.78 Å². The number of hydrogen-bond donors (Lipinski definition) is 0. The fourth-order valence-corrected chi connectivity index (χ4v) is 4.27. The number of aromatic nitrogens is 2. The van der Waals surface area contributed by atoms with Crippen LogP contribution in [0.25, 0.3) is 16.9 Å². The number of methoxy groups -OCH3 is 1. The average molecular weight is 481 g/mol. The minimum absolute atomic E-state index is 0. The Bertz CT molecular complexity index is 943. The van der Waals surface area contributed by atoms with Gasteiger partial charge in [0.05, 0.1) is 13.7 Å². The number of rotatable bonds is 5. The first kappa shape index (κ1) is 21.8. The molecule has 0 amide bonds. The average Bonchev–Trinajstić information content (AvgIpc) is 2.89. The molecule has 3 nitrogen and oxygen atoms in total. The van der Waals surface area contributed by atoms with Crippen molar-refractivity contribution in [1.82, 2.24) is 4.57 Å². The third-order valence-corrected chi connectivity index (χ3v) is 5.86. The van der Waals surface area contributed by atoms with Crippen LogP contribution in [0.5, 0.6) is 5.75 Å². The summed E-state index contributed by atoms with van der Waals surface area (Å²) >= 11 is 0.580. The van der Waals surface area contributed by atoms with E-state index in [9.17, 15) is 8.78 Å². The van der Waals surface area contributed by atoms with Gasteiger partial charge >= 0.3 is 0 Å². The van der Waals surface area contributed by atoms with Crippen LogP contribution in [0.3, 0.4) is 0 Å². The fraction of sp³-hybridized carbons (Fsp3) is 0.318. The summed E-state index contributed by atoms with van der Waals surface area (Å²) in [6.07, 6.45) is 6.70. The molecule has 0 radical (unpaired) electrons. The highest BCUT2D eigenvalue weighted by Crippen LogP contribution is 2.28. The Morgan fingerprint density at radius 1 is 1.00 bits per heavy atom. The maximum atomic E-state index is 12.6. The van der Waals surface area contributed by atoms with Crippen molar-refractivity contribution in [2.75, 3.05) is 7.11 Å². The molecule has 0 aliphatic carbocycles. The van der Waals surface area contributed by atoms with Gasteiger partial charge in [-0.25, -0.2) is 4.57 Å². The fourth-order valence-electron chi connectivity index (χ4n) is 3.77. The monoisotopic (exact) mass is 480 g/mol. The van der Waals surface area contributed by atoms with Gasteiger partial charge in [0.15, 0.2) is 5.69 Å². The molecule has 0 saturated heterocycles. The predicted molar refractivity (Wildman–Crippen MR) is 107 cm³/mol. The molecule has 0 unspecified atom stereocenters. The van der Waals surface area contributed by atoms with E-state index in [2.05, 4.69) is 27.5 Å². The highest BCUT2D eigenvalue weighted by Gasteiger charge is 2.27. The van der Waals surface area contributed by atoms with Crippen molar-refractivity contribution in [2.24, 2.45) is 0 Å². The number of hydrogen-bond acceptors (Lipinski definition) is 2. The lowest BCUT2D eigenvalue weighted by molar-refractivity contribution is -0.692. The Labute approximate surface area is 184 Å². The van der Waals surface area contributed by atoms with Crippen molar-refractivity contribution in [1.29, 1.82) is 0 Å². The molecule has 0 atom stereocenters. The van der Waals surface area contributed by atoms with E-state index in [1.165, 1.54) is 17.9 Å². The highest BCUT2D eigenvalue weighted by atomic mass is 79.9.